The van der Waals surface area contributed by atoms with Gasteiger partial charge in [0.15, 0.2) is 23.8 Å². The van der Waals surface area contributed by atoms with E-state index >= 15 is 4.39 Å². The first-order valence-electron chi connectivity index (χ1n) is 30.6. The third-order valence-electron chi connectivity index (χ3n) is 14.2. The summed E-state index contributed by atoms with van der Waals surface area (Å²) in [5.74, 6) is -16.0. The van der Waals surface area contributed by atoms with Crippen LogP contribution in [0, 0.1) is 29.1 Å². The maximum atomic E-state index is 15.8. The Labute approximate surface area is 569 Å². The van der Waals surface area contributed by atoms with Gasteiger partial charge in [-0.15, -0.1) is 26.3 Å². The highest BCUT2D eigenvalue weighted by molar-refractivity contribution is 7.52. The van der Waals surface area contributed by atoms with E-state index in [1.165, 1.54) is 74.8 Å². The Hall–Kier alpha value is -8.69. The predicted molar refractivity (Wildman–Crippen MR) is 347 cm³/mol. The zero-order valence-electron chi connectivity index (χ0n) is 54.5. The first kappa shape index (κ1) is 82.0. The number of carbonyl (C=O) groups excluding carboxylic acids is 4. The molecule has 36 heteroatoms. The van der Waals surface area contributed by atoms with E-state index in [0.717, 1.165) is 23.0 Å². The molecule has 2 saturated heterocycles. The number of ether oxygens (including phenoxy) is 4. The Kier molecular flexibility index (Phi) is 31.3. The molecule has 2 aliphatic heterocycles. The summed E-state index contributed by atoms with van der Waals surface area (Å²) in [5, 5.41) is 39.2. The molecule has 12 atom stereocenters. The van der Waals surface area contributed by atoms with E-state index in [9.17, 15) is 74.5 Å². The summed E-state index contributed by atoms with van der Waals surface area (Å²) in [6.07, 6.45) is 3.25. The summed E-state index contributed by atoms with van der Waals surface area (Å²) in [4.78, 5) is 80.4. The largest absolute Gasteiger partial charge is 0.513 e. The average Bonchev–Trinajstić information content (AvgIpc) is 1.49. The monoisotopic (exact) mass is 1460 g/mol. The van der Waals surface area contributed by atoms with Gasteiger partial charge in [-0.1, -0.05) is 60.7 Å². The molecule has 2 unspecified atom stereocenters. The number of halogens is 7. The SMILES string of the molecule is C=CCCC(=O)Nc1ccn([C@@H]2O[C@H](CO)C(O)[C@]2(C)F)c(=O)n1.C=CCCCOC(=O)[C@H](C)N[P@](=O)(OC[C@H]1O[C@@H](n2ccc(NC(=O)CCC=C)nc2=O)[C@@](C)(F)C1O)Oc1ccccc1.C=CCCCOC(=O)[C@H](C)N[P@](=O)(Oc1ccccc1)Oc1c(F)c(F)c(F)c(F)c1F. The Morgan fingerprint density at radius 3 is 1.37 bits per heavy atom. The molecule has 0 bridgehead atoms. The first-order valence-corrected chi connectivity index (χ1v) is 33.7. The number of para-hydroxylation sites is 2. The maximum absolute atomic E-state index is 15.8. The molecular formula is C64H77F7N8O19P2. The Morgan fingerprint density at radius 2 is 0.980 bits per heavy atom. The second-order valence-electron chi connectivity index (χ2n) is 22.2. The smallest absolute Gasteiger partial charge is 0.465 e. The minimum atomic E-state index is -4.93. The van der Waals surface area contributed by atoms with Gasteiger partial charge in [-0.05, 0) is 103 Å². The van der Waals surface area contributed by atoms with Crippen LogP contribution < -0.4 is 45.8 Å². The fourth-order valence-corrected chi connectivity index (χ4v) is 11.9. The van der Waals surface area contributed by atoms with E-state index in [2.05, 4.69) is 61.6 Å². The number of esters is 2. The third-order valence-corrected chi connectivity index (χ3v) is 17.4. The highest BCUT2D eigenvalue weighted by atomic mass is 31.2. The van der Waals surface area contributed by atoms with Crippen LogP contribution in [0.5, 0.6) is 17.2 Å². The number of hydrogen-bond donors (Lipinski definition) is 7. The molecule has 5 aromatic rings. The average molecular weight is 1460 g/mol. The van der Waals surface area contributed by atoms with Crippen molar-refractivity contribution in [2.24, 2.45) is 0 Å². The number of nitrogens with zero attached hydrogens (tertiary/aromatic N) is 4. The van der Waals surface area contributed by atoms with Gasteiger partial charge in [0.05, 0.1) is 26.4 Å². The molecule has 0 aliphatic carbocycles. The van der Waals surface area contributed by atoms with Gasteiger partial charge in [0, 0.05) is 25.2 Å². The molecule has 27 nitrogen and oxygen atoms in total. The second-order valence-corrected chi connectivity index (χ2v) is 25.5. The lowest BCUT2D eigenvalue weighted by Gasteiger charge is -2.25. The molecule has 0 saturated carbocycles. The zero-order valence-corrected chi connectivity index (χ0v) is 56.3. The summed E-state index contributed by atoms with van der Waals surface area (Å²) in [6.45, 7) is 17.7. The van der Waals surface area contributed by atoms with Gasteiger partial charge in [-0.3, -0.25) is 32.8 Å². The predicted octanol–water partition coefficient (Wildman–Crippen LogP) is 9.39. The molecule has 2 aliphatic rings. The van der Waals surface area contributed by atoms with Crippen LogP contribution >= 0.6 is 15.5 Å². The highest BCUT2D eigenvalue weighted by Gasteiger charge is 2.57. The van der Waals surface area contributed by atoms with E-state index in [-0.39, 0.29) is 61.0 Å². The number of rotatable bonds is 34. The quantitative estimate of drug-likeness (QED) is 0.00383. The van der Waals surface area contributed by atoms with E-state index in [4.69, 9.17) is 37.6 Å². The van der Waals surface area contributed by atoms with Gasteiger partial charge in [-0.25, -0.2) is 40.7 Å². The lowest BCUT2D eigenvalue weighted by molar-refractivity contribution is -0.146. The van der Waals surface area contributed by atoms with E-state index in [1.54, 1.807) is 48.6 Å². The molecular weight excluding hydrogens is 1380 g/mol. The summed E-state index contributed by atoms with van der Waals surface area (Å²) in [6, 6.07) is 15.1. The summed E-state index contributed by atoms with van der Waals surface area (Å²) in [5.41, 5.74) is -6.60. The second kappa shape index (κ2) is 38.2. The van der Waals surface area contributed by atoms with Gasteiger partial charge in [0.2, 0.25) is 46.6 Å². The third kappa shape index (κ3) is 22.9. The Bertz CT molecular complexity index is 3830. The van der Waals surface area contributed by atoms with Crippen molar-refractivity contribution >= 4 is 50.9 Å². The van der Waals surface area contributed by atoms with Crippen LogP contribution in [0.25, 0.3) is 0 Å². The molecule has 3 aromatic carbocycles. The van der Waals surface area contributed by atoms with Crippen LogP contribution in [-0.2, 0) is 51.8 Å². The number of benzene rings is 3. The molecule has 7 N–H and O–H groups in total. The van der Waals surface area contributed by atoms with Crippen LogP contribution in [0.15, 0.2) is 145 Å². The molecule has 2 aromatic heterocycles. The minimum absolute atomic E-state index is 0.000778. The molecule has 2 fully saturated rings. The highest BCUT2D eigenvalue weighted by Crippen LogP contribution is 2.50. The zero-order chi connectivity index (χ0) is 74.1. The van der Waals surface area contributed by atoms with E-state index in [1.807, 2.05) is 0 Å². The number of amides is 2. The van der Waals surface area contributed by atoms with Crippen LogP contribution in [0.3, 0.4) is 0 Å². The van der Waals surface area contributed by atoms with Crippen LogP contribution in [0.2, 0.25) is 0 Å². The number of carbonyl (C=O) groups is 4. The van der Waals surface area contributed by atoms with Crippen LogP contribution in [0.1, 0.15) is 91.5 Å². The number of alkyl halides is 2. The van der Waals surface area contributed by atoms with Crippen LogP contribution in [0.4, 0.5) is 42.4 Å². The normalized spacial score (nSPS) is 21.7. The minimum Gasteiger partial charge on any atom is -0.465 e. The van der Waals surface area contributed by atoms with Gasteiger partial charge < -0.3 is 58.5 Å². The summed E-state index contributed by atoms with van der Waals surface area (Å²) < 4.78 is 170. The number of aromatic nitrogens is 4. The summed E-state index contributed by atoms with van der Waals surface area (Å²) >= 11 is 0. The topological polar surface area (TPSA) is 355 Å². The maximum Gasteiger partial charge on any atom is 0.513 e. The molecule has 2 amide bonds. The number of aliphatic hydroxyl groups is 3. The molecule has 0 radical (unpaired) electrons. The van der Waals surface area contributed by atoms with Crippen molar-refractivity contribution in [2.75, 3.05) is 37.1 Å². The van der Waals surface area contributed by atoms with Crippen molar-refractivity contribution in [3.63, 3.8) is 0 Å². The van der Waals surface area contributed by atoms with Crippen LogP contribution in [-0.4, -0.2) is 132 Å². The van der Waals surface area contributed by atoms with Crippen molar-refractivity contribution < 1.29 is 111 Å². The van der Waals surface area contributed by atoms with Gasteiger partial charge in [0.25, 0.3) is 0 Å². The van der Waals surface area contributed by atoms with Crippen molar-refractivity contribution in [3.8, 4) is 17.2 Å². The molecule has 0 spiro atoms. The first-order chi connectivity index (χ1) is 47.3. The number of nitrogens with one attached hydrogen (secondary N) is 4. The lowest BCUT2D eigenvalue weighted by atomic mass is 9.98. The molecule has 100 heavy (non-hydrogen) atoms. The fraction of sp³-hybridized carbons (Fsp3) is 0.406. The standard InChI is InChI=1S/C29H38FN4O9P.C20H19F5NO5P.C15H20FN3O5/c1-5-7-12-18-40-26(37)20(3)33-44(39,43-21-13-10-9-11-14-21)41-19-22-25(36)29(4,30)27(42-22)34-17-16-23(32-28(34)38)31-24(35)15-8-6-2;1-3-4-8-11-29-20(27)12(2)26-32(28,30-13-9-6-5-7-10-13)31-19-17(24)15(22)14(21)16(23)18(19)25;1-3-4-5-11(21)17-10-6-7-19(14(23)18-10)13-15(2,16)12(22)9(8-20)24-13/h5-6,9-11,13-14,16-17,20,22,25,27,36H,1-2,7-8,12,15,18-19H2,3-4H3,(H,33,39)(H,31,32,35,38);3,5-7,9-10,12H,1,4,8,11H2,2H3,(H,26,28);3,6-7,9,12-13,20,22H,1,4-5,8H2,2H3,(H,17,18,21,23)/t20-,22+,25?,27+,29-,44-;12-,32-;9-,12?,13-,15+/m001/s1. The number of unbranched alkanes of at least 4 members (excludes halogenated alkanes) is 2. The number of anilines is 2. The van der Waals surface area contributed by atoms with Crippen molar-refractivity contribution in [1.82, 2.24) is 29.3 Å². The number of aliphatic hydroxyl groups excluding tert-OH is 3. The fourth-order valence-electron chi connectivity index (χ4n) is 8.90. The number of allylic oxidation sites excluding steroid dienone is 4. The van der Waals surface area contributed by atoms with Crippen molar-refractivity contribution in [1.29, 1.82) is 0 Å². The molecule has 546 valence electrons. The lowest BCUT2D eigenvalue weighted by Crippen LogP contribution is -2.43. The van der Waals surface area contributed by atoms with Gasteiger partial charge in [-0.2, -0.15) is 28.9 Å². The summed E-state index contributed by atoms with van der Waals surface area (Å²) in [7, 11) is -9.28. The van der Waals surface area contributed by atoms with Crippen molar-refractivity contribution in [3.05, 3.63) is 186 Å². The number of hydrogen-bond acceptors (Lipinski definition) is 21. The van der Waals surface area contributed by atoms with E-state index < -0.39 is 147 Å². The molecule has 4 heterocycles. The van der Waals surface area contributed by atoms with Gasteiger partial charge in [0.1, 0.15) is 59.6 Å². The van der Waals surface area contributed by atoms with E-state index in [0.29, 0.717) is 38.5 Å². The Balaban J connectivity index is 0.000000284. The molecule has 7 rings (SSSR count). The Morgan fingerprint density at radius 1 is 0.600 bits per heavy atom. The van der Waals surface area contributed by atoms with Crippen molar-refractivity contribution in [2.45, 2.75) is 139 Å². The van der Waals surface area contributed by atoms with Gasteiger partial charge >= 0.3 is 38.8 Å².